The predicted octanol–water partition coefficient (Wildman–Crippen LogP) is 3.30. The van der Waals surface area contributed by atoms with Gasteiger partial charge in [-0.2, -0.15) is 13.8 Å². The van der Waals surface area contributed by atoms with Crippen LogP contribution in [0.3, 0.4) is 0 Å². The number of rotatable bonds is 3. The highest BCUT2D eigenvalue weighted by Gasteiger charge is 2.16. The van der Waals surface area contributed by atoms with Gasteiger partial charge in [-0.15, -0.1) is 0 Å². The van der Waals surface area contributed by atoms with Crippen LogP contribution in [0.25, 0.3) is 0 Å². The fourth-order valence-electron chi connectivity index (χ4n) is 0.885. The number of hydrogen-bond acceptors (Lipinski definition) is 3. The van der Waals surface area contributed by atoms with Gasteiger partial charge in [-0.3, -0.25) is 0 Å². The molecule has 0 N–H and O–H groups in total. The lowest BCUT2D eigenvalue weighted by Crippen LogP contribution is -2.04. The third kappa shape index (κ3) is 3.00. The summed E-state index contributed by atoms with van der Waals surface area (Å²) in [5, 5.41) is 1.80. The third-order valence-electron chi connectivity index (χ3n) is 1.36. The minimum atomic E-state index is -3.23. The number of thiocarbonyl (C=S) groups is 1. The molecule has 1 aromatic carbocycles. The Morgan fingerprint density at radius 1 is 1.33 bits per heavy atom. The number of hydrogen-bond donors (Lipinski definition) is 0. The van der Waals surface area contributed by atoms with Gasteiger partial charge in [-0.1, -0.05) is 0 Å². The van der Waals surface area contributed by atoms with Crippen molar-refractivity contribution in [2.75, 3.05) is 0 Å². The Morgan fingerprint density at radius 3 is 2.53 bits per heavy atom. The number of ether oxygens (including phenoxy) is 1. The van der Waals surface area contributed by atoms with E-state index in [9.17, 15) is 17.6 Å². The van der Waals surface area contributed by atoms with Crippen LogP contribution >= 0.6 is 12.2 Å². The second-order valence-electron chi connectivity index (χ2n) is 2.32. The molecule has 0 saturated heterocycles. The third-order valence-corrected chi connectivity index (χ3v) is 1.45. The van der Waals surface area contributed by atoms with Crippen LogP contribution in [0.2, 0.25) is 0 Å². The van der Waals surface area contributed by atoms with Gasteiger partial charge in [0.15, 0.2) is 11.6 Å². The van der Waals surface area contributed by atoms with Crippen LogP contribution in [0, 0.1) is 11.6 Å². The van der Waals surface area contributed by atoms with Crippen molar-refractivity contribution in [2.24, 2.45) is 4.99 Å². The molecule has 0 spiro atoms. The lowest BCUT2D eigenvalue weighted by Gasteiger charge is -2.07. The summed E-state index contributed by atoms with van der Waals surface area (Å²) in [4.78, 5) is 3.21. The van der Waals surface area contributed by atoms with Crippen molar-refractivity contribution < 1.29 is 22.3 Å². The van der Waals surface area contributed by atoms with E-state index in [0.717, 1.165) is 0 Å². The van der Waals surface area contributed by atoms with Gasteiger partial charge < -0.3 is 4.74 Å². The fraction of sp³-hybridized carbons (Fsp3) is 0.125. The smallest absolute Gasteiger partial charge is 0.387 e. The monoisotopic (exact) mass is 237 g/mol. The van der Waals surface area contributed by atoms with Gasteiger partial charge in [0.25, 0.3) is 0 Å². The van der Waals surface area contributed by atoms with E-state index >= 15 is 0 Å². The maximum absolute atomic E-state index is 13.0. The van der Waals surface area contributed by atoms with Gasteiger partial charge in [0, 0.05) is 12.1 Å². The Labute approximate surface area is 87.2 Å². The molecule has 2 nitrogen and oxygen atoms in total. The molecule has 0 radical (unpaired) electrons. The van der Waals surface area contributed by atoms with E-state index in [4.69, 9.17) is 0 Å². The second-order valence-corrected chi connectivity index (χ2v) is 2.50. The maximum atomic E-state index is 13.0. The number of aliphatic imine (C=N–C) groups is 1. The molecule has 15 heavy (non-hydrogen) atoms. The Balaban J connectivity index is 3.26. The topological polar surface area (TPSA) is 21.6 Å². The molecule has 0 amide bonds. The lowest BCUT2D eigenvalue weighted by atomic mass is 10.3. The van der Waals surface area contributed by atoms with Crippen molar-refractivity contribution in [1.82, 2.24) is 0 Å². The van der Waals surface area contributed by atoms with Crippen LogP contribution in [-0.2, 0) is 0 Å². The summed E-state index contributed by atoms with van der Waals surface area (Å²) in [5.41, 5.74) is -0.470. The molecule has 1 rings (SSSR count). The van der Waals surface area contributed by atoms with Crippen LogP contribution in [-0.4, -0.2) is 11.8 Å². The molecular weight excluding hydrogens is 234 g/mol. The van der Waals surface area contributed by atoms with E-state index in [1.165, 1.54) is 0 Å². The number of halogens is 4. The first-order chi connectivity index (χ1) is 7.04. The van der Waals surface area contributed by atoms with E-state index < -0.39 is 29.7 Å². The van der Waals surface area contributed by atoms with Gasteiger partial charge in [-0.25, -0.2) is 8.78 Å². The summed E-state index contributed by atoms with van der Waals surface area (Å²) in [6.45, 7) is -3.23. The van der Waals surface area contributed by atoms with Crippen LogP contribution < -0.4 is 4.74 Å². The van der Waals surface area contributed by atoms with Gasteiger partial charge in [-0.05, 0) is 12.2 Å². The van der Waals surface area contributed by atoms with E-state index in [-0.39, 0.29) is 0 Å². The largest absolute Gasteiger partial charge is 0.429 e. The van der Waals surface area contributed by atoms with Gasteiger partial charge in [0.1, 0.15) is 11.5 Å². The molecule has 0 aromatic heterocycles. The molecular formula is C8H3F4NOS. The van der Waals surface area contributed by atoms with Gasteiger partial charge in [0.2, 0.25) is 0 Å². The van der Waals surface area contributed by atoms with Crippen molar-refractivity contribution >= 4 is 23.1 Å². The standard InChI is InChI=1S/C8H3F4NOS/c9-4-1-5(10)7(14-8(11)12)6(2-4)13-3-15/h1-2,8H. The summed E-state index contributed by atoms with van der Waals surface area (Å²) in [6.07, 6.45) is 0. The quantitative estimate of drug-likeness (QED) is 0.457. The first-order valence-electron chi connectivity index (χ1n) is 3.56. The highest BCUT2D eigenvalue weighted by molar-refractivity contribution is 7.78. The highest BCUT2D eigenvalue weighted by atomic mass is 32.1. The fourth-order valence-corrected chi connectivity index (χ4v) is 0.983. The molecule has 0 atom stereocenters. The first kappa shape index (κ1) is 11.6. The summed E-state index contributed by atoms with van der Waals surface area (Å²) < 4.78 is 53.2. The summed E-state index contributed by atoms with van der Waals surface area (Å²) in [7, 11) is 0. The SMILES string of the molecule is Fc1cc(F)c(OC(F)F)c(N=C=S)c1. The van der Waals surface area contributed by atoms with Crippen molar-refractivity contribution in [1.29, 1.82) is 0 Å². The van der Waals surface area contributed by atoms with Gasteiger partial charge >= 0.3 is 6.61 Å². The molecule has 0 aliphatic heterocycles. The van der Waals surface area contributed by atoms with E-state index in [2.05, 4.69) is 21.9 Å². The molecule has 0 unspecified atom stereocenters. The molecule has 0 heterocycles. The summed E-state index contributed by atoms with van der Waals surface area (Å²) in [5.74, 6) is -3.11. The van der Waals surface area contributed by atoms with Crippen molar-refractivity contribution in [2.45, 2.75) is 6.61 Å². The number of isothiocyanates is 1. The Morgan fingerprint density at radius 2 is 2.00 bits per heavy atom. The molecule has 0 fully saturated rings. The normalized spacial score (nSPS) is 9.93. The zero-order valence-electron chi connectivity index (χ0n) is 7.01. The Hall–Kier alpha value is -1.46. The molecule has 7 heteroatoms. The average molecular weight is 237 g/mol. The molecule has 80 valence electrons. The molecule has 0 aliphatic rings. The molecule has 0 bridgehead atoms. The second kappa shape index (κ2) is 4.86. The van der Waals surface area contributed by atoms with E-state index in [1.807, 2.05) is 0 Å². The lowest BCUT2D eigenvalue weighted by molar-refractivity contribution is -0.0518. The van der Waals surface area contributed by atoms with E-state index in [1.54, 1.807) is 5.16 Å². The Bertz CT molecular complexity index is 417. The van der Waals surface area contributed by atoms with Crippen LogP contribution in [0.4, 0.5) is 23.2 Å². The predicted molar refractivity (Wildman–Crippen MR) is 47.7 cm³/mol. The highest BCUT2D eigenvalue weighted by Crippen LogP contribution is 2.32. The minimum absolute atomic E-state index is 0.403. The van der Waals surface area contributed by atoms with Crippen LogP contribution in [0.5, 0.6) is 5.75 Å². The van der Waals surface area contributed by atoms with Crippen molar-refractivity contribution in [3.05, 3.63) is 23.8 Å². The van der Waals surface area contributed by atoms with Crippen molar-refractivity contribution in [3.63, 3.8) is 0 Å². The number of nitrogens with zero attached hydrogens (tertiary/aromatic N) is 1. The van der Waals surface area contributed by atoms with E-state index in [0.29, 0.717) is 12.1 Å². The molecule has 1 aromatic rings. The minimum Gasteiger partial charge on any atom is -0.429 e. The van der Waals surface area contributed by atoms with Crippen LogP contribution in [0.15, 0.2) is 17.1 Å². The van der Waals surface area contributed by atoms with Gasteiger partial charge in [0.05, 0.1) is 5.16 Å². The number of alkyl halides is 2. The molecule has 0 aliphatic carbocycles. The average Bonchev–Trinajstić information content (AvgIpc) is 2.11. The van der Waals surface area contributed by atoms with Crippen LogP contribution in [0.1, 0.15) is 0 Å². The first-order valence-corrected chi connectivity index (χ1v) is 3.97. The van der Waals surface area contributed by atoms with Crippen molar-refractivity contribution in [3.8, 4) is 5.75 Å². The molecule has 0 saturated carbocycles. The maximum Gasteiger partial charge on any atom is 0.387 e. The Kier molecular flexibility index (Phi) is 3.76. The summed E-state index contributed by atoms with van der Waals surface area (Å²) in [6, 6.07) is 1.11. The summed E-state index contributed by atoms with van der Waals surface area (Å²) >= 11 is 4.19. The zero-order valence-corrected chi connectivity index (χ0v) is 7.82. The number of benzene rings is 1. The zero-order chi connectivity index (χ0) is 11.4.